The topological polar surface area (TPSA) is 46.5 Å². The molecule has 1 aliphatic carbocycles. The number of halogens is 1. The van der Waals surface area contributed by atoms with Gasteiger partial charge in [0.15, 0.2) is 0 Å². The van der Waals surface area contributed by atoms with E-state index >= 15 is 0 Å². The normalized spacial score (nSPS) is 16.2. The molecule has 1 saturated carbocycles. The fourth-order valence-corrected chi connectivity index (χ4v) is 3.20. The maximum Gasteiger partial charge on any atom is 0.303 e. The first kappa shape index (κ1) is 14.4. The lowest BCUT2D eigenvalue weighted by Crippen LogP contribution is -2.11. The number of carbonyl (C=O) groups is 1. The second kappa shape index (κ2) is 5.95. The van der Waals surface area contributed by atoms with Crippen LogP contribution in [-0.2, 0) is 11.2 Å². The van der Waals surface area contributed by atoms with E-state index in [-0.39, 0.29) is 12.3 Å². The number of aliphatic carboxylic acids is 1. The lowest BCUT2D eigenvalue weighted by Gasteiger charge is -2.20. The van der Waals surface area contributed by atoms with E-state index in [1.807, 2.05) is 12.1 Å². The van der Waals surface area contributed by atoms with E-state index in [0.29, 0.717) is 5.92 Å². The second-order valence-electron chi connectivity index (χ2n) is 5.08. The Morgan fingerprint density at radius 2 is 2.21 bits per heavy atom. The first-order valence-electron chi connectivity index (χ1n) is 6.64. The molecule has 2 rings (SSSR count). The van der Waals surface area contributed by atoms with Crippen LogP contribution < -0.4 is 4.74 Å². The zero-order valence-corrected chi connectivity index (χ0v) is 12.9. The minimum Gasteiger partial charge on any atom is -0.496 e. The molecule has 0 saturated heterocycles. The molecule has 0 spiro atoms. The van der Waals surface area contributed by atoms with Crippen molar-refractivity contribution in [2.45, 2.75) is 38.5 Å². The van der Waals surface area contributed by atoms with Crippen molar-refractivity contribution in [2.75, 3.05) is 7.11 Å². The molecule has 19 heavy (non-hydrogen) atoms. The Balaban J connectivity index is 2.45. The monoisotopic (exact) mass is 326 g/mol. The highest BCUT2D eigenvalue weighted by Gasteiger charge is 2.35. The number of benzene rings is 1. The summed E-state index contributed by atoms with van der Waals surface area (Å²) in [6.45, 7) is 2.08. The maximum absolute atomic E-state index is 11.1. The molecule has 1 fully saturated rings. The zero-order valence-electron chi connectivity index (χ0n) is 11.3. The number of carboxylic acid groups (broad SMARTS) is 1. The van der Waals surface area contributed by atoms with Crippen LogP contribution in [-0.4, -0.2) is 18.2 Å². The quantitative estimate of drug-likeness (QED) is 0.859. The second-order valence-corrected chi connectivity index (χ2v) is 6.00. The van der Waals surface area contributed by atoms with E-state index in [9.17, 15) is 4.79 Å². The van der Waals surface area contributed by atoms with Crippen LogP contribution in [0.3, 0.4) is 0 Å². The minimum atomic E-state index is -0.739. The van der Waals surface area contributed by atoms with Crippen LogP contribution in [0.1, 0.15) is 43.2 Å². The van der Waals surface area contributed by atoms with Crippen LogP contribution in [0, 0.1) is 5.92 Å². The molecule has 3 nitrogen and oxygen atoms in total. The molecule has 0 amide bonds. The van der Waals surface area contributed by atoms with Crippen LogP contribution in [0.5, 0.6) is 5.75 Å². The van der Waals surface area contributed by atoms with E-state index in [1.165, 1.54) is 0 Å². The molecule has 0 aromatic heterocycles. The Morgan fingerprint density at radius 1 is 1.53 bits per heavy atom. The zero-order chi connectivity index (χ0) is 14.0. The summed E-state index contributed by atoms with van der Waals surface area (Å²) in [5.74, 6) is 0.681. The SMILES string of the molecule is CCc1cc(Br)cc(C(CC(=O)O)C2CC2)c1OC. The molecule has 0 aliphatic heterocycles. The third-order valence-electron chi connectivity index (χ3n) is 3.73. The molecular weight excluding hydrogens is 308 g/mol. The van der Waals surface area contributed by atoms with Crippen LogP contribution in [0.4, 0.5) is 0 Å². The predicted molar refractivity (Wildman–Crippen MR) is 77.8 cm³/mol. The Kier molecular flexibility index (Phi) is 4.50. The standard InChI is InChI=1S/C15H19BrO3/c1-3-9-6-11(16)7-13(15(9)19-2)12(8-14(17)18)10-4-5-10/h6-7,10,12H,3-5,8H2,1-2H3,(H,17,18). The molecule has 1 aromatic rings. The highest BCUT2D eigenvalue weighted by atomic mass is 79.9. The largest absolute Gasteiger partial charge is 0.496 e. The van der Waals surface area contributed by atoms with Crippen molar-refractivity contribution in [1.29, 1.82) is 0 Å². The molecule has 0 heterocycles. The third-order valence-corrected chi connectivity index (χ3v) is 4.19. The Labute approximate surface area is 122 Å². The van der Waals surface area contributed by atoms with E-state index in [4.69, 9.17) is 9.84 Å². The molecule has 1 aliphatic rings. The molecule has 1 aromatic carbocycles. The van der Waals surface area contributed by atoms with Gasteiger partial charge in [-0.25, -0.2) is 0 Å². The van der Waals surface area contributed by atoms with Crippen LogP contribution >= 0.6 is 15.9 Å². The Morgan fingerprint density at radius 3 is 2.68 bits per heavy atom. The first-order valence-corrected chi connectivity index (χ1v) is 7.44. The number of methoxy groups -OCH3 is 1. The van der Waals surface area contributed by atoms with Crippen molar-refractivity contribution in [3.05, 3.63) is 27.7 Å². The first-order chi connectivity index (χ1) is 9.06. The maximum atomic E-state index is 11.1. The molecule has 0 radical (unpaired) electrons. The molecule has 0 bridgehead atoms. The highest BCUT2D eigenvalue weighted by molar-refractivity contribution is 9.10. The fourth-order valence-electron chi connectivity index (χ4n) is 2.68. The number of rotatable bonds is 6. The van der Waals surface area contributed by atoms with Gasteiger partial charge in [-0.15, -0.1) is 0 Å². The van der Waals surface area contributed by atoms with Crippen LogP contribution in [0.15, 0.2) is 16.6 Å². The summed E-state index contributed by atoms with van der Waals surface area (Å²) >= 11 is 3.52. The van der Waals surface area contributed by atoms with E-state index < -0.39 is 5.97 Å². The van der Waals surface area contributed by atoms with Crippen molar-refractivity contribution in [3.63, 3.8) is 0 Å². The van der Waals surface area contributed by atoms with E-state index in [1.54, 1.807) is 7.11 Å². The number of ether oxygens (including phenoxy) is 1. The van der Waals surface area contributed by atoms with Crippen LogP contribution in [0.2, 0.25) is 0 Å². The Hall–Kier alpha value is -1.03. The summed E-state index contributed by atoms with van der Waals surface area (Å²) in [6, 6.07) is 4.07. The smallest absolute Gasteiger partial charge is 0.303 e. The van der Waals surface area contributed by atoms with Gasteiger partial charge in [0.2, 0.25) is 0 Å². The fraction of sp³-hybridized carbons (Fsp3) is 0.533. The third kappa shape index (κ3) is 3.30. The van der Waals surface area contributed by atoms with Crippen molar-refractivity contribution >= 4 is 21.9 Å². The summed E-state index contributed by atoms with van der Waals surface area (Å²) in [6.07, 6.45) is 3.30. The van der Waals surface area contributed by atoms with Gasteiger partial charge < -0.3 is 9.84 Å². The molecular formula is C15H19BrO3. The number of carboxylic acids is 1. The molecule has 4 heteroatoms. The average Bonchev–Trinajstić information content (AvgIpc) is 3.18. The summed E-state index contributed by atoms with van der Waals surface area (Å²) in [7, 11) is 1.66. The van der Waals surface area contributed by atoms with Crippen molar-refractivity contribution in [2.24, 2.45) is 5.92 Å². The van der Waals surface area contributed by atoms with Gasteiger partial charge in [0.05, 0.1) is 13.5 Å². The number of hydrogen-bond acceptors (Lipinski definition) is 2. The van der Waals surface area contributed by atoms with Gasteiger partial charge in [-0.3, -0.25) is 4.79 Å². The van der Waals surface area contributed by atoms with Crippen LogP contribution in [0.25, 0.3) is 0 Å². The van der Waals surface area contributed by atoms with Crippen molar-refractivity contribution < 1.29 is 14.6 Å². The van der Waals surface area contributed by atoms with Crippen molar-refractivity contribution in [1.82, 2.24) is 0 Å². The summed E-state index contributed by atoms with van der Waals surface area (Å²) in [5, 5.41) is 9.13. The molecule has 104 valence electrons. The average molecular weight is 327 g/mol. The molecule has 1 atom stereocenters. The van der Waals surface area contributed by atoms with Gasteiger partial charge in [0.1, 0.15) is 5.75 Å². The van der Waals surface area contributed by atoms with Gasteiger partial charge in [-0.05, 0) is 48.4 Å². The van der Waals surface area contributed by atoms with Gasteiger partial charge in [0.25, 0.3) is 0 Å². The molecule has 1 unspecified atom stereocenters. The lowest BCUT2D eigenvalue weighted by atomic mass is 9.88. The summed E-state index contributed by atoms with van der Waals surface area (Å²) < 4.78 is 6.55. The highest BCUT2D eigenvalue weighted by Crippen LogP contribution is 2.48. The van der Waals surface area contributed by atoms with Crippen molar-refractivity contribution in [3.8, 4) is 5.75 Å². The van der Waals surface area contributed by atoms with Gasteiger partial charge >= 0.3 is 5.97 Å². The van der Waals surface area contributed by atoms with Gasteiger partial charge in [-0.1, -0.05) is 22.9 Å². The number of aryl methyl sites for hydroxylation is 1. The van der Waals surface area contributed by atoms with Gasteiger partial charge in [0, 0.05) is 10.4 Å². The minimum absolute atomic E-state index is 0.0650. The summed E-state index contributed by atoms with van der Waals surface area (Å²) in [5.41, 5.74) is 2.17. The van der Waals surface area contributed by atoms with Gasteiger partial charge in [-0.2, -0.15) is 0 Å². The lowest BCUT2D eigenvalue weighted by molar-refractivity contribution is -0.137. The molecule has 1 N–H and O–H groups in total. The summed E-state index contributed by atoms with van der Waals surface area (Å²) in [4.78, 5) is 11.1. The predicted octanol–water partition coefficient (Wildman–Crippen LogP) is 3.99. The van der Waals surface area contributed by atoms with E-state index in [0.717, 1.165) is 40.6 Å². The number of hydrogen-bond donors (Lipinski definition) is 1. The van der Waals surface area contributed by atoms with E-state index in [2.05, 4.69) is 22.9 Å². The Bertz CT molecular complexity index is 481.